The number of ether oxygens (including phenoxy) is 1. The van der Waals surface area contributed by atoms with Crippen molar-refractivity contribution in [2.45, 2.75) is 20.0 Å². The first-order valence-electron chi connectivity index (χ1n) is 3.76. The van der Waals surface area contributed by atoms with Gasteiger partial charge in [-0.25, -0.2) is 4.98 Å². The molecule has 0 aromatic carbocycles. The molecule has 0 aliphatic carbocycles. The van der Waals surface area contributed by atoms with Crippen molar-refractivity contribution >= 4 is 11.3 Å². The van der Waals surface area contributed by atoms with Crippen molar-refractivity contribution in [1.82, 2.24) is 4.98 Å². The van der Waals surface area contributed by atoms with Crippen LogP contribution in [0.15, 0.2) is 0 Å². The summed E-state index contributed by atoms with van der Waals surface area (Å²) in [5.74, 6) is 0. The van der Waals surface area contributed by atoms with Gasteiger partial charge < -0.3 is 9.84 Å². The maximum atomic E-state index is 9.48. The fraction of sp³-hybridized carbons (Fsp3) is 0.625. The standard InChI is InChI=1S/C8H13NO2S/c1-5-6(2)12-8(9-5)7(10)4-11-3/h7,10H,4H2,1-3H3. The third-order valence-corrected chi connectivity index (χ3v) is 2.83. The van der Waals surface area contributed by atoms with Crippen LogP contribution in [0.1, 0.15) is 21.7 Å². The van der Waals surface area contributed by atoms with Crippen LogP contribution < -0.4 is 0 Å². The largest absolute Gasteiger partial charge is 0.383 e. The Kier molecular flexibility index (Phi) is 3.20. The first kappa shape index (κ1) is 9.64. The molecule has 0 bridgehead atoms. The van der Waals surface area contributed by atoms with Crippen molar-refractivity contribution in [1.29, 1.82) is 0 Å². The van der Waals surface area contributed by atoms with Crippen LogP contribution in [0, 0.1) is 13.8 Å². The summed E-state index contributed by atoms with van der Waals surface area (Å²) in [6, 6.07) is 0. The van der Waals surface area contributed by atoms with E-state index < -0.39 is 6.10 Å². The van der Waals surface area contributed by atoms with Crippen LogP contribution in [0.4, 0.5) is 0 Å². The lowest BCUT2D eigenvalue weighted by Crippen LogP contribution is -2.04. The first-order chi connectivity index (χ1) is 5.65. The molecule has 1 N–H and O–H groups in total. The van der Waals surface area contributed by atoms with Crippen molar-refractivity contribution in [3.05, 3.63) is 15.6 Å². The Labute approximate surface area is 76.0 Å². The van der Waals surface area contributed by atoms with Gasteiger partial charge in [0.25, 0.3) is 0 Å². The Morgan fingerprint density at radius 3 is 2.67 bits per heavy atom. The smallest absolute Gasteiger partial charge is 0.129 e. The molecule has 0 aliphatic rings. The van der Waals surface area contributed by atoms with Crippen molar-refractivity contribution in [3.8, 4) is 0 Å². The second-order valence-electron chi connectivity index (χ2n) is 2.66. The Balaban J connectivity index is 2.74. The molecule has 1 aromatic rings. The third-order valence-electron chi connectivity index (χ3n) is 1.65. The van der Waals surface area contributed by atoms with Crippen LogP contribution in [0.3, 0.4) is 0 Å². The molecule has 0 amide bonds. The summed E-state index contributed by atoms with van der Waals surface area (Å²) in [4.78, 5) is 5.37. The van der Waals surface area contributed by atoms with Crippen molar-refractivity contribution in [2.75, 3.05) is 13.7 Å². The molecule has 12 heavy (non-hydrogen) atoms. The van der Waals surface area contributed by atoms with Gasteiger partial charge in [0.1, 0.15) is 11.1 Å². The summed E-state index contributed by atoms with van der Waals surface area (Å²) in [5, 5.41) is 10.2. The molecule has 0 fully saturated rings. The highest BCUT2D eigenvalue weighted by atomic mass is 32.1. The molecule has 1 atom stereocenters. The lowest BCUT2D eigenvalue weighted by atomic mass is 10.4. The van der Waals surface area contributed by atoms with E-state index in [-0.39, 0.29) is 0 Å². The molecule has 1 unspecified atom stereocenters. The number of aryl methyl sites for hydroxylation is 2. The van der Waals surface area contributed by atoms with E-state index in [1.807, 2.05) is 13.8 Å². The van der Waals surface area contributed by atoms with E-state index in [1.165, 1.54) is 11.3 Å². The molecule has 3 nitrogen and oxygen atoms in total. The van der Waals surface area contributed by atoms with Crippen molar-refractivity contribution in [3.63, 3.8) is 0 Å². The van der Waals surface area contributed by atoms with Gasteiger partial charge in [-0.1, -0.05) is 0 Å². The quantitative estimate of drug-likeness (QED) is 0.778. The first-order valence-corrected chi connectivity index (χ1v) is 4.57. The number of aliphatic hydroxyl groups excluding tert-OH is 1. The predicted octanol–water partition coefficient (Wildman–Crippen LogP) is 1.44. The number of rotatable bonds is 3. The summed E-state index contributed by atoms with van der Waals surface area (Å²) < 4.78 is 4.82. The molecule has 0 aliphatic heterocycles. The minimum absolute atomic E-state index is 0.312. The van der Waals surface area contributed by atoms with Crippen LogP contribution >= 0.6 is 11.3 Å². The van der Waals surface area contributed by atoms with E-state index in [2.05, 4.69) is 4.98 Å². The molecule has 4 heteroatoms. The van der Waals surface area contributed by atoms with Gasteiger partial charge in [0.2, 0.25) is 0 Å². The number of hydrogen-bond donors (Lipinski definition) is 1. The van der Waals surface area contributed by atoms with Gasteiger partial charge in [0.05, 0.1) is 12.3 Å². The van der Waals surface area contributed by atoms with Crippen LogP contribution in [0.25, 0.3) is 0 Å². The molecule has 1 aromatic heterocycles. The number of methoxy groups -OCH3 is 1. The molecule has 0 spiro atoms. The average molecular weight is 187 g/mol. The van der Waals surface area contributed by atoms with Gasteiger partial charge in [0, 0.05) is 12.0 Å². The molecule has 0 saturated carbocycles. The molecule has 0 radical (unpaired) electrons. The Bertz CT molecular complexity index is 240. The Morgan fingerprint density at radius 2 is 2.25 bits per heavy atom. The van der Waals surface area contributed by atoms with Gasteiger partial charge >= 0.3 is 0 Å². The molecule has 68 valence electrons. The predicted molar refractivity (Wildman–Crippen MR) is 48.4 cm³/mol. The summed E-state index contributed by atoms with van der Waals surface area (Å²) in [6.07, 6.45) is -0.576. The van der Waals surface area contributed by atoms with Crippen LogP contribution in [0.2, 0.25) is 0 Å². The minimum Gasteiger partial charge on any atom is -0.383 e. The lowest BCUT2D eigenvalue weighted by molar-refractivity contribution is 0.0642. The van der Waals surface area contributed by atoms with E-state index in [0.717, 1.165) is 15.6 Å². The van der Waals surface area contributed by atoms with Crippen LogP contribution in [-0.2, 0) is 4.74 Å². The van der Waals surface area contributed by atoms with Gasteiger partial charge in [-0.05, 0) is 13.8 Å². The van der Waals surface area contributed by atoms with E-state index in [1.54, 1.807) is 7.11 Å². The normalized spacial score (nSPS) is 13.3. The molecule has 0 saturated heterocycles. The molecule has 1 rings (SSSR count). The number of aliphatic hydroxyl groups is 1. The number of nitrogens with zero attached hydrogens (tertiary/aromatic N) is 1. The maximum Gasteiger partial charge on any atom is 0.129 e. The highest BCUT2D eigenvalue weighted by molar-refractivity contribution is 7.11. The van der Waals surface area contributed by atoms with Crippen molar-refractivity contribution < 1.29 is 9.84 Å². The second-order valence-corrected chi connectivity index (χ2v) is 3.90. The summed E-state index contributed by atoms with van der Waals surface area (Å²) in [7, 11) is 1.57. The highest BCUT2D eigenvalue weighted by Crippen LogP contribution is 2.22. The van der Waals surface area contributed by atoms with Crippen molar-refractivity contribution in [2.24, 2.45) is 0 Å². The van der Waals surface area contributed by atoms with Gasteiger partial charge in [-0.2, -0.15) is 0 Å². The summed E-state index contributed by atoms with van der Waals surface area (Å²) >= 11 is 1.52. The maximum absolute atomic E-state index is 9.48. The van der Waals surface area contributed by atoms with E-state index in [9.17, 15) is 5.11 Å². The van der Waals surface area contributed by atoms with Gasteiger partial charge in [0.15, 0.2) is 0 Å². The third kappa shape index (κ3) is 2.03. The van der Waals surface area contributed by atoms with Crippen LogP contribution in [0.5, 0.6) is 0 Å². The summed E-state index contributed by atoms with van der Waals surface area (Å²) in [5.41, 5.74) is 0.991. The molecule has 1 heterocycles. The fourth-order valence-corrected chi connectivity index (χ4v) is 1.76. The second kappa shape index (κ2) is 3.98. The van der Waals surface area contributed by atoms with Crippen LogP contribution in [-0.4, -0.2) is 23.8 Å². The minimum atomic E-state index is -0.576. The summed E-state index contributed by atoms with van der Waals surface area (Å²) in [6.45, 7) is 4.25. The highest BCUT2D eigenvalue weighted by Gasteiger charge is 2.12. The van der Waals surface area contributed by atoms with Gasteiger partial charge in [-0.3, -0.25) is 0 Å². The molecular weight excluding hydrogens is 174 g/mol. The Morgan fingerprint density at radius 1 is 1.58 bits per heavy atom. The monoisotopic (exact) mass is 187 g/mol. The zero-order valence-corrected chi connectivity index (χ0v) is 8.31. The fourth-order valence-electron chi connectivity index (χ4n) is 0.869. The number of hydrogen-bond acceptors (Lipinski definition) is 4. The van der Waals surface area contributed by atoms with Gasteiger partial charge in [-0.15, -0.1) is 11.3 Å². The topological polar surface area (TPSA) is 42.4 Å². The lowest BCUT2D eigenvalue weighted by Gasteiger charge is -2.03. The zero-order chi connectivity index (χ0) is 9.14. The molecular formula is C8H13NO2S. The zero-order valence-electron chi connectivity index (χ0n) is 7.50. The average Bonchev–Trinajstić information content (AvgIpc) is 2.33. The SMILES string of the molecule is COCC(O)c1nc(C)c(C)s1. The number of aromatic nitrogens is 1. The van der Waals surface area contributed by atoms with E-state index >= 15 is 0 Å². The number of thiazole rings is 1. The van der Waals surface area contributed by atoms with E-state index in [0.29, 0.717) is 6.61 Å². The van der Waals surface area contributed by atoms with E-state index in [4.69, 9.17) is 4.74 Å². The Hall–Kier alpha value is -0.450.